The molecule has 2 heterocycles. The van der Waals surface area contributed by atoms with Crippen LogP contribution in [-0.4, -0.2) is 36.3 Å². The average molecular weight is 497 g/mol. The quantitative estimate of drug-likeness (QED) is 0.266. The maximum Gasteiger partial charge on any atom is 0.312 e. The number of esters is 1. The average Bonchev–Trinajstić information content (AvgIpc) is 3.55. The highest BCUT2D eigenvalue weighted by molar-refractivity contribution is 6.11. The van der Waals surface area contributed by atoms with E-state index >= 15 is 0 Å². The first-order valence-electron chi connectivity index (χ1n) is 12.3. The summed E-state index contributed by atoms with van der Waals surface area (Å²) in [5, 5.41) is 0.791. The number of nitrogens with one attached hydrogen (secondary N) is 1. The predicted molar refractivity (Wildman–Crippen MR) is 141 cm³/mol. The van der Waals surface area contributed by atoms with Crippen LogP contribution in [0.2, 0.25) is 0 Å². The molecule has 7 heteroatoms. The highest BCUT2D eigenvalue weighted by Gasteiger charge is 2.39. The Hall–Kier alpha value is -4.39. The van der Waals surface area contributed by atoms with Crippen molar-refractivity contribution >= 4 is 34.3 Å². The van der Waals surface area contributed by atoms with E-state index < -0.39 is 18.0 Å². The number of fused-ring (bicyclic) bond motifs is 1. The molecule has 0 aliphatic carbocycles. The van der Waals surface area contributed by atoms with Crippen LogP contribution in [0.4, 0.5) is 5.69 Å². The van der Waals surface area contributed by atoms with Gasteiger partial charge in [-0.3, -0.25) is 14.4 Å². The lowest BCUT2D eigenvalue weighted by atomic mass is 9.98. The third-order valence-electron chi connectivity index (χ3n) is 6.86. The molecule has 1 amide bonds. The van der Waals surface area contributed by atoms with Gasteiger partial charge in [-0.1, -0.05) is 67.6 Å². The van der Waals surface area contributed by atoms with Crippen molar-refractivity contribution in [2.75, 3.05) is 18.6 Å². The van der Waals surface area contributed by atoms with E-state index in [0.29, 0.717) is 22.6 Å². The molecule has 1 aliphatic rings. The monoisotopic (exact) mass is 496 g/mol. The van der Waals surface area contributed by atoms with Crippen LogP contribution in [0.1, 0.15) is 40.9 Å². The number of anilines is 1. The number of rotatable bonds is 8. The van der Waals surface area contributed by atoms with Gasteiger partial charge in [-0.25, -0.2) is 0 Å². The number of aromatic amines is 1. The lowest BCUT2D eigenvalue weighted by molar-refractivity contribution is -0.152. The molecule has 0 spiro atoms. The van der Waals surface area contributed by atoms with Gasteiger partial charge in [-0.05, 0) is 24.1 Å². The van der Waals surface area contributed by atoms with Crippen molar-refractivity contribution in [2.45, 2.75) is 25.9 Å². The first-order chi connectivity index (χ1) is 18.0. The summed E-state index contributed by atoms with van der Waals surface area (Å²) in [6.07, 6.45) is 1.37. The Bertz CT molecular complexity index is 1460. The molecule has 0 saturated carbocycles. The number of Topliss-reactive ketones (excluding diaryl/α,β-unsaturated/α-hetero) is 1. The molecule has 0 radical (unpaired) electrons. The van der Waals surface area contributed by atoms with Gasteiger partial charge in [0.05, 0.1) is 18.7 Å². The molecule has 0 unspecified atom stereocenters. The lowest BCUT2D eigenvalue weighted by Crippen LogP contribution is -2.28. The summed E-state index contributed by atoms with van der Waals surface area (Å²) in [5.41, 5.74) is 3.65. The van der Waals surface area contributed by atoms with Crippen LogP contribution in [-0.2, 0) is 20.7 Å². The molecule has 7 nitrogen and oxygen atoms in total. The normalized spacial score (nSPS) is 16.1. The highest BCUT2D eigenvalue weighted by atomic mass is 16.5. The SMILES string of the molecule is CCc1cccc2c(C(=O)[C@@H](OC(=O)[C@H]3CC(=O)N(c4ccccc4OC)C3)c3ccccc3)c[nH]c12. The van der Waals surface area contributed by atoms with Crippen molar-refractivity contribution in [3.63, 3.8) is 0 Å². The zero-order chi connectivity index (χ0) is 25.9. The minimum Gasteiger partial charge on any atom is -0.495 e. The van der Waals surface area contributed by atoms with Gasteiger partial charge in [-0.15, -0.1) is 0 Å². The minimum atomic E-state index is -1.13. The fourth-order valence-corrected chi connectivity index (χ4v) is 4.92. The summed E-state index contributed by atoms with van der Waals surface area (Å²) in [7, 11) is 1.54. The van der Waals surface area contributed by atoms with Gasteiger partial charge in [0, 0.05) is 41.2 Å². The molecule has 0 bridgehead atoms. The second kappa shape index (κ2) is 10.3. The second-order valence-corrected chi connectivity index (χ2v) is 9.06. The predicted octanol–water partition coefficient (Wildman–Crippen LogP) is 5.26. The number of carbonyl (C=O) groups is 3. The number of carbonyl (C=O) groups excluding carboxylic acids is 3. The Labute approximate surface area is 215 Å². The molecule has 1 fully saturated rings. The van der Waals surface area contributed by atoms with Crippen LogP contribution < -0.4 is 9.64 Å². The summed E-state index contributed by atoms with van der Waals surface area (Å²) in [6, 6.07) is 22.0. The lowest BCUT2D eigenvalue weighted by Gasteiger charge is -2.21. The molecular formula is C30H28N2O5. The fraction of sp³-hybridized carbons (Fsp3) is 0.233. The first-order valence-corrected chi connectivity index (χ1v) is 12.3. The summed E-state index contributed by atoms with van der Waals surface area (Å²) in [5.74, 6) is -1.25. The van der Waals surface area contributed by atoms with Crippen molar-refractivity contribution in [3.05, 3.63) is 95.7 Å². The number of benzene rings is 3. The van der Waals surface area contributed by atoms with Gasteiger partial charge < -0.3 is 19.4 Å². The van der Waals surface area contributed by atoms with Gasteiger partial charge >= 0.3 is 5.97 Å². The number of methoxy groups -OCH3 is 1. The second-order valence-electron chi connectivity index (χ2n) is 9.06. The molecule has 2 atom stereocenters. The molecule has 1 aliphatic heterocycles. The Morgan fingerprint density at radius 1 is 1.03 bits per heavy atom. The van der Waals surface area contributed by atoms with Crippen LogP contribution >= 0.6 is 0 Å². The number of hydrogen-bond acceptors (Lipinski definition) is 5. The van der Waals surface area contributed by atoms with E-state index in [2.05, 4.69) is 11.9 Å². The van der Waals surface area contributed by atoms with Crippen LogP contribution in [0.5, 0.6) is 5.75 Å². The van der Waals surface area contributed by atoms with Crippen molar-refractivity contribution in [2.24, 2.45) is 5.92 Å². The third kappa shape index (κ3) is 4.60. The number of hydrogen-bond donors (Lipinski definition) is 1. The van der Waals surface area contributed by atoms with Crippen LogP contribution in [0, 0.1) is 5.92 Å². The van der Waals surface area contributed by atoms with E-state index in [0.717, 1.165) is 22.9 Å². The molecule has 1 saturated heterocycles. The smallest absolute Gasteiger partial charge is 0.312 e. The number of amides is 1. The standard InChI is InChI=1S/C30H28N2O5/c1-3-19-12-9-13-22-23(17-31-27(19)22)28(34)29(20-10-5-4-6-11-20)37-30(35)21-16-26(33)32(18-21)24-14-7-8-15-25(24)36-2/h4-15,17,21,29,31H,3,16,18H2,1-2H3/t21-,29-/m0/s1. The maximum atomic E-state index is 13.8. The molecule has 5 rings (SSSR count). The zero-order valence-electron chi connectivity index (χ0n) is 20.8. The fourth-order valence-electron chi connectivity index (χ4n) is 4.92. The summed E-state index contributed by atoms with van der Waals surface area (Å²) < 4.78 is 11.3. The Balaban J connectivity index is 1.42. The number of para-hydroxylation sites is 3. The molecule has 1 N–H and O–H groups in total. The Kier molecular flexibility index (Phi) is 6.77. The number of aromatic nitrogens is 1. The van der Waals surface area contributed by atoms with Crippen molar-refractivity contribution in [3.8, 4) is 5.75 Å². The van der Waals surface area contributed by atoms with E-state index in [1.165, 1.54) is 12.0 Å². The number of aryl methyl sites for hydroxylation is 1. The van der Waals surface area contributed by atoms with Gasteiger partial charge in [0.15, 0.2) is 6.10 Å². The van der Waals surface area contributed by atoms with Crippen LogP contribution in [0.15, 0.2) is 79.0 Å². The van der Waals surface area contributed by atoms with E-state index in [-0.39, 0.29) is 24.7 Å². The van der Waals surface area contributed by atoms with E-state index in [1.807, 2.05) is 36.4 Å². The van der Waals surface area contributed by atoms with E-state index in [4.69, 9.17) is 9.47 Å². The van der Waals surface area contributed by atoms with Gasteiger partial charge in [0.2, 0.25) is 11.7 Å². The number of H-pyrrole nitrogens is 1. The van der Waals surface area contributed by atoms with E-state index in [1.54, 1.807) is 42.6 Å². The third-order valence-corrected chi connectivity index (χ3v) is 6.86. The van der Waals surface area contributed by atoms with Crippen LogP contribution in [0.25, 0.3) is 10.9 Å². The van der Waals surface area contributed by atoms with Crippen molar-refractivity contribution in [1.29, 1.82) is 0 Å². The van der Waals surface area contributed by atoms with Crippen LogP contribution in [0.3, 0.4) is 0 Å². The Morgan fingerprint density at radius 3 is 2.54 bits per heavy atom. The number of ketones is 1. The molecule has 188 valence electrons. The van der Waals surface area contributed by atoms with Crippen molar-refractivity contribution < 1.29 is 23.9 Å². The molecular weight excluding hydrogens is 468 g/mol. The minimum absolute atomic E-state index is 0.000469. The number of ether oxygens (including phenoxy) is 2. The summed E-state index contributed by atoms with van der Waals surface area (Å²) in [4.78, 5) is 44.8. The number of nitrogens with zero attached hydrogens (tertiary/aromatic N) is 1. The molecule has 37 heavy (non-hydrogen) atoms. The topological polar surface area (TPSA) is 88.7 Å². The first kappa shape index (κ1) is 24.3. The molecule has 4 aromatic rings. The van der Waals surface area contributed by atoms with Gasteiger partial charge in [0.25, 0.3) is 0 Å². The largest absolute Gasteiger partial charge is 0.495 e. The van der Waals surface area contributed by atoms with Crippen molar-refractivity contribution in [1.82, 2.24) is 4.98 Å². The summed E-state index contributed by atoms with van der Waals surface area (Å²) >= 11 is 0. The Morgan fingerprint density at radius 2 is 1.78 bits per heavy atom. The van der Waals surface area contributed by atoms with Gasteiger partial charge in [0.1, 0.15) is 5.75 Å². The van der Waals surface area contributed by atoms with Gasteiger partial charge in [-0.2, -0.15) is 0 Å². The molecule has 3 aromatic carbocycles. The maximum absolute atomic E-state index is 13.8. The highest BCUT2D eigenvalue weighted by Crippen LogP contribution is 2.35. The van der Waals surface area contributed by atoms with E-state index in [9.17, 15) is 14.4 Å². The zero-order valence-corrected chi connectivity index (χ0v) is 20.8. The molecule has 1 aromatic heterocycles. The summed E-state index contributed by atoms with van der Waals surface area (Å²) in [6.45, 7) is 2.21.